The number of esters is 4. The molecule has 3 aliphatic carbocycles. The number of ether oxygens (including phenoxy) is 3. The van der Waals surface area contributed by atoms with Crippen LogP contribution in [0.15, 0.2) is 0 Å². The predicted molar refractivity (Wildman–Crippen MR) is 109 cm³/mol. The molecule has 2 bridgehead atoms. The van der Waals surface area contributed by atoms with E-state index in [4.69, 9.17) is 14.2 Å². The zero-order chi connectivity index (χ0) is 23.2. The van der Waals surface area contributed by atoms with E-state index in [2.05, 4.69) is 20.8 Å². The Morgan fingerprint density at radius 1 is 1.03 bits per heavy atom. The molecule has 0 aromatic heterocycles. The van der Waals surface area contributed by atoms with Gasteiger partial charge in [-0.05, 0) is 56.3 Å². The van der Waals surface area contributed by atoms with E-state index in [9.17, 15) is 19.2 Å². The highest BCUT2D eigenvalue weighted by atomic mass is 16.6. The maximum absolute atomic E-state index is 12.9. The van der Waals surface area contributed by atoms with Crippen LogP contribution in [0.5, 0.6) is 0 Å². The van der Waals surface area contributed by atoms with Gasteiger partial charge in [0.25, 0.3) is 0 Å². The molecule has 0 aromatic rings. The first kappa shape index (κ1) is 22.3. The minimum Gasteiger partial charge on any atom is -0.460 e. The van der Waals surface area contributed by atoms with Gasteiger partial charge in [-0.15, -0.1) is 0 Å². The molecule has 172 valence electrons. The number of carbonyl (C=O) groups excluding carboxylic acids is 4. The summed E-state index contributed by atoms with van der Waals surface area (Å²) in [5.74, 6) is -2.29. The summed E-state index contributed by atoms with van der Waals surface area (Å²) in [5.41, 5.74) is -2.60. The van der Waals surface area contributed by atoms with Crippen molar-refractivity contribution < 1.29 is 33.4 Å². The van der Waals surface area contributed by atoms with Crippen LogP contribution in [0.2, 0.25) is 0 Å². The molecule has 4 fully saturated rings. The molecule has 6 unspecified atom stereocenters. The average molecular weight is 435 g/mol. The van der Waals surface area contributed by atoms with Crippen molar-refractivity contribution in [3.05, 3.63) is 0 Å². The molecule has 31 heavy (non-hydrogen) atoms. The molecule has 0 amide bonds. The summed E-state index contributed by atoms with van der Waals surface area (Å²) in [6.07, 6.45) is 2.12. The molecular weight excluding hydrogens is 400 g/mol. The van der Waals surface area contributed by atoms with Gasteiger partial charge in [-0.2, -0.15) is 0 Å². The Bertz CT molecular complexity index is 868. The number of carbonyl (C=O) groups is 4. The van der Waals surface area contributed by atoms with Gasteiger partial charge in [0.1, 0.15) is 6.10 Å². The van der Waals surface area contributed by atoms with E-state index in [-0.39, 0.29) is 28.6 Å². The SMILES string of the molecule is CC(C)(C)CC1(C(=O)OCC(=O)OC2CC3CC2C2(C)C(=O)OC(=O)C32C)CC1(C)C. The van der Waals surface area contributed by atoms with Crippen LogP contribution in [0.1, 0.15) is 74.1 Å². The van der Waals surface area contributed by atoms with E-state index in [1.54, 1.807) is 13.8 Å². The molecule has 0 spiro atoms. The van der Waals surface area contributed by atoms with Crippen molar-refractivity contribution in [1.82, 2.24) is 0 Å². The second-order valence-electron chi connectivity index (χ2n) is 12.3. The summed E-state index contributed by atoms with van der Waals surface area (Å²) < 4.78 is 16.0. The van der Waals surface area contributed by atoms with Crippen molar-refractivity contribution in [1.29, 1.82) is 0 Å². The number of cyclic esters (lactones) is 2. The summed E-state index contributed by atoms with van der Waals surface area (Å²) in [6, 6.07) is 0. The van der Waals surface area contributed by atoms with Crippen LogP contribution in [0.3, 0.4) is 0 Å². The second-order valence-corrected chi connectivity index (χ2v) is 12.3. The molecule has 1 heterocycles. The van der Waals surface area contributed by atoms with Gasteiger partial charge >= 0.3 is 23.9 Å². The van der Waals surface area contributed by atoms with Crippen molar-refractivity contribution in [2.75, 3.05) is 6.61 Å². The van der Waals surface area contributed by atoms with Gasteiger partial charge in [-0.3, -0.25) is 14.4 Å². The first-order valence-corrected chi connectivity index (χ1v) is 11.2. The zero-order valence-electron chi connectivity index (χ0n) is 19.6. The Morgan fingerprint density at radius 3 is 2.16 bits per heavy atom. The van der Waals surface area contributed by atoms with Crippen LogP contribution >= 0.6 is 0 Å². The fourth-order valence-electron chi connectivity index (χ4n) is 6.86. The van der Waals surface area contributed by atoms with Gasteiger partial charge in [-0.1, -0.05) is 34.6 Å². The van der Waals surface area contributed by atoms with E-state index in [1.807, 2.05) is 13.8 Å². The molecule has 1 aliphatic heterocycles. The van der Waals surface area contributed by atoms with Crippen molar-refractivity contribution in [3.8, 4) is 0 Å². The topological polar surface area (TPSA) is 96.0 Å². The summed E-state index contributed by atoms with van der Waals surface area (Å²) in [4.78, 5) is 50.2. The summed E-state index contributed by atoms with van der Waals surface area (Å²) in [7, 11) is 0. The van der Waals surface area contributed by atoms with E-state index in [0.29, 0.717) is 19.3 Å². The standard InChI is InChI=1S/C24H34O7/c1-20(2,3)11-24(12-21(24,4)5)19(28)29-10-16(25)30-15-9-13-8-14(15)23(7)18(27)31-17(26)22(13,23)6/h13-15H,8-12H2,1-7H3. The Kier molecular flexibility index (Phi) is 4.54. The third-order valence-corrected chi connectivity index (χ3v) is 8.92. The Morgan fingerprint density at radius 2 is 1.61 bits per heavy atom. The van der Waals surface area contributed by atoms with Crippen molar-refractivity contribution in [2.45, 2.75) is 80.3 Å². The van der Waals surface area contributed by atoms with Crippen molar-refractivity contribution in [3.63, 3.8) is 0 Å². The lowest BCUT2D eigenvalue weighted by Crippen LogP contribution is -2.50. The minimum atomic E-state index is -0.983. The molecule has 3 saturated carbocycles. The highest BCUT2D eigenvalue weighted by molar-refractivity contribution is 6.02. The molecule has 6 atom stereocenters. The number of fused-ring (bicyclic) bond motifs is 5. The normalized spacial score (nSPS) is 42.2. The number of rotatable bonds is 5. The predicted octanol–water partition coefficient (Wildman–Crippen LogP) is 3.43. The lowest BCUT2D eigenvalue weighted by Gasteiger charge is -2.41. The van der Waals surface area contributed by atoms with E-state index in [0.717, 1.165) is 6.42 Å². The molecule has 4 aliphatic rings. The average Bonchev–Trinajstić information content (AvgIpc) is 2.90. The third kappa shape index (κ3) is 2.91. The van der Waals surface area contributed by atoms with Gasteiger partial charge in [0.15, 0.2) is 6.61 Å². The largest absolute Gasteiger partial charge is 0.460 e. The smallest absolute Gasteiger partial charge is 0.344 e. The molecule has 0 aromatic carbocycles. The quantitative estimate of drug-likeness (QED) is 0.371. The molecule has 1 saturated heterocycles. The van der Waals surface area contributed by atoms with Gasteiger partial charge < -0.3 is 14.2 Å². The number of hydrogen-bond donors (Lipinski definition) is 0. The Hall–Kier alpha value is -1.92. The summed E-state index contributed by atoms with van der Waals surface area (Å²) >= 11 is 0. The first-order valence-electron chi connectivity index (χ1n) is 11.2. The van der Waals surface area contributed by atoms with Crippen molar-refractivity contribution in [2.24, 2.45) is 38.9 Å². The van der Waals surface area contributed by atoms with E-state index >= 15 is 0 Å². The molecule has 7 heteroatoms. The van der Waals surface area contributed by atoms with Crippen LogP contribution in [0.4, 0.5) is 0 Å². The third-order valence-electron chi connectivity index (χ3n) is 8.92. The van der Waals surface area contributed by atoms with Crippen LogP contribution in [-0.4, -0.2) is 36.6 Å². The van der Waals surface area contributed by atoms with Crippen molar-refractivity contribution >= 4 is 23.9 Å². The van der Waals surface area contributed by atoms with Crippen LogP contribution in [0.25, 0.3) is 0 Å². The van der Waals surface area contributed by atoms with E-state index < -0.39 is 46.9 Å². The molecule has 7 nitrogen and oxygen atoms in total. The zero-order valence-corrected chi connectivity index (χ0v) is 19.6. The highest BCUT2D eigenvalue weighted by Gasteiger charge is 2.78. The van der Waals surface area contributed by atoms with Gasteiger partial charge in [0, 0.05) is 5.92 Å². The van der Waals surface area contributed by atoms with Crippen LogP contribution in [0, 0.1) is 38.9 Å². The summed E-state index contributed by atoms with van der Waals surface area (Å²) in [5, 5.41) is 0. The molecular formula is C24H34O7. The van der Waals surface area contributed by atoms with Crippen LogP contribution in [-0.2, 0) is 33.4 Å². The molecule has 0 radical (unpaired) electrons. The fourth-order valence-corrected chi connectivity index (χ4v) is 6.86. The second kappa shape index (κ2) is 6.32. The van der Waals surface area contributed by atoms with Gasteiger partial charge in [-0.25, -0.2) is 4.79 Å². The Labute approximate surface area is 183 Å². The Balaban J connectivity index is 1.37. The minimum absolute atomic E-state index is 0.0359. The first-order chi connectivity index (χ1) is 14.1. The van der Waals surface area contributed by atoms with Crippen LogP contribution < -0.4 is 0 Å². The summed E-state index contributed by atoms with van der Waals surface area (Å²) in [6.45, 7) is 13.5. The maximum atomic E-state index is 12.9. The molecule has 0 N–H and O–H groups in total. The van der Waals surface area contributed by atoms with Gasteiger partial charge in [0.05, 0.1) is 16.2 Å². The lowest BCUT2D eigenvalue weighted by atomic mass is 9.58. The fraction of sp³-hybridized carbons (Fsp3) is 0.833. The lowest BCUT2D eigenvalue weighted by molar-refractivity contribution is -0.173. The molecule has 4 rings (SSSR count). The highest BCUT2D eigenvalue weighted by Crippen LogP contribution is 2.70. The monoisotopic (exact) mass is 434 g/mol. The number of hydrogen-bond acceptors (Lipinski definition) is 7. The van der Waals surface area contributed by atoms with Gasteiger partial charge in [0.2, 0.25) is 0 Å². The van der Waals surface area contributed by atoms with E-state index in [1.165, 1.54) is 0 Å². The maximum Gasteiger partial charge on any atom is 0.344 e.